The highest BCUT2D eigenvalue weighted by Crippen LogP contribution is 2.35. The Hall–Kier alpha value is -1.98. The van der Waals surface area contributed by atoms with Crippen molar-refractivity contribution in [2.75, 3.05) is 6.61 Å². The molecule has 0 saturated heterocycles. The third-order valence-corrected chi connectivity index (χ3v) is 2.74. The Morgan fingerprint density at radius 2 is 2.06 bits per heavy atom. The van der Waals surface area contributed by atoms with Crippen molar-refractivity contribution in [2.45, 2.75) is 0 Å². The van der Waals surface area contributed by atoms with Crippen LogP contribution in [0.3, 0.4) is 0 Å². The summed E-state index contributed by atoms with van der Waals surface area (Å²) >= 11 is 5.95. The summed E-state index contributed by atoms with van der Waals surface area (Å²) in [7, 11) is 0. The summed E-state index contributed by atoms with van der Waals surface area (Å²) in [6.45, 7) is 0.125. The molecule has 0 amide bonds. The van der Waals surface area contributed by atoms with Crippen LogP contribution in [0, 0.1) is 24.2 Å². The molecule has 2 aromatic carbocycles. The van der Waals surface area contributed by atoms with Crippen molar-refractivity contribution in [2.24, 2.45) is 0 Å². The minimum Gasteiger partial charge on any atom is -0.480 e. The fraction of sp³-hybridized carbons (Fsp3) is 0.0667. The van der Waals surface area contributed by atoms with Crippen LogP contribution in [0.4, 0.5) is 4.39 Å². The van der Waals surface area contributed by atoms with Crippen LogP contribution in [0.15, 0.2) is 36.4 Å². The van der Waals surface area contributed by atoms with Crippen LogP contribution in [-0.2, 0) is 0 Å². The lowest BCUT2D eigenvalue weighted by Gasteiger charge is -2.10. The smallest absolute Gasteiger partial charge is 0.148 e. The molecule has 1 radical (unpaired) electrons. The number of benzene rings is 2. The summed E-state index contributed by atoms with van der Waals surface area (Å²) in [5, 5.41) is 0.0580. The SMILES string of the molecule is C#CCOc1[c]cccc1-c1cccc(F)c1Cl. The zero-order chi connectivity index (χ0) is 13.0. The molecule has 0 aromatic heterocycles. The van der Waals surface area contributed by atoms with E-state index in [0.717, 1.165) is 0 Å². The summed E-state index contributed by atoms with van der Waals surface area (Å²) < 4.78 is 18.8. The predicted octanol–water partition coefficient (Wildman–Crippen LogP) is 3.96. The first kappa shape index (κ1) is 12.5. The number of hydrogen-bond donors (Lipinski definition) is 0. The van der Waals surface area contributed by atoms with Gasteiger partial charge in [0, 0.05) is 17.2 Å². The number of terminal acetylenes is 1. The average molecular weight is 260 g/mol. The Labute approximate surface area is 110 Å². The molecule has 89 valence electrons. The molecule has 0 unspecified atom stereocenters. The highest BCUT2D eigenvalue weighted by molar-refractivity contribution is 6.33. The largest absolute Gasteiger partial charge is 0.480 e. The molecule has 0 atom stereocenters. The number of rotatable bonds is 3. The molecular weight excluding hydrogens is 251 g/mol. The van der Waals surface area contributed by atoms with E-state index >= 15 is 0 Å². The maximum atomic E-state index is 13.4. The molecule has 0 heterocycles. The molecule has 2 aromatic rings. The molecule has 0 bridgehead atoms. The summed E-state index contributed by atoms with van der Waals surface area (Å²) in [4.78, 5) is 0. The second-order valence-corrected chi connectivity index (χ2v) is 3.89. The molecule has 0 aliphatic rings. The van der Waals surface area contributed by atoms with Gasteiger partial charge in [-0.3, -0.25) is 0 Å². The Morgan fingerprint density at radius 1 is 1.28 bits per heavy atom. The highest BCUT2D eigenvalue weighted by atomic mass is 35.5. The lowest BCUT2D eigenvalue weighted by molar-refractivity contribution is 0.371. The minimum atomic E-state index is -0.471. The van der Waals surface area contributed by atoms with E-state index in [1.165, 1.54) is 6.07 Å². The van der Waals surface area contributed by atoms with Gasteiger partial charge in [-0.25, -0.2) is 4.39 Å². The van der Waals surface area contributed by atoms with Crippen molar-refractivity contribution in [3.05, 3.63) is 53.3 Å². The third-order valence-electron chi connectivity index (χ3n) is 2.36. The first-order valence-electron chi connectivity index (χ1n) is 5.25. The van der Waals surface area contributed by atoms with Gasteiger partial charge in [-0.15, -0.1) is 6.42 Å². The summed E-state index contributed by atoms with van der Waals surface area (Å²) in [6, 6.07) is 12.8. The molecule has 0 aliphatic heterocycles. The average Bonchev–Trinajstić information content (AvgIpc) is 2.40. The van der Waals surface area contributed by atoms with E-state index in [2.05, 4.69) is 12.0 Å². The number of hydrogen-bond acceptors (Lipinski definition) is 1. The third kappa shape index (κ3) is 2.47. The van der Waals surface area contributed by atoms with Crippen LogP contribution in [0.2, 0.25) is 5.02 Å². The summed E-state index contributed by atoms with van der Waals surface area (Å²) in [5.41, 5.74) is 1.22. The Kier molecular flexibility index (Phi) is 3.86. The predicted molar refractivity (Wildman–Crippen MR) is 70.0 cm³/mol. The van der Waals surface area contributed by atoms with Crippen molar-refractivity contribution < 1.29 is 9.13 Å². The first-order valence-corrected chi connectivity index (χ1v) is 5.63. The van der Waals surface area contributed by atoms with E-state index in [0.29, 0.717) is 16.9 Å². The molecule has 0 saturated carbocycles. The van der Waals surface area contributed by atoms with E-state index < -0.39 is 5.82 Å². The molecule has 0 fully saturated rings. The minimum absolute atomic E-state index is 0.0580. The topological polar surface area (TPSA) is 9.23 Å². The molecule has 1 nitrogen and oxygen atoms in total. The van der Waals surface area contributed by atoms with Gasteiger partial charge < -0.3 is 4.74 Å². The molecule has 0 spiro atoms. The second kappa shape index (κ2) is 5.57. The van der Waals surface area contributed by atoms with Crippen LogP contribution in [0.5, 0.6) is 5.75 Å². The Balaban J connectivity index is 2.50. The van der Waals surface area contributed by atoms with E-state index in [1.54, 1.807) is 30.3 Å². The van der Waals surface area contributed by atoms with Crippen molar-refractivity contribution in [3.63, 3.8) is 0 Å². The molecule has 0 N–H and O–H groups in total. The lowest BCUT2D eigenvalue weighted by Crippen LogP contribution is -1.96. The van der Waals surface area contributed by atoms with Crippen molar-refractivity contribution >= 4 is 11.6 Å². The Bertz CT molecular complexity index is 602. The van der Waals surface area contributed by atoms with Gasteiger partial charge in [-0.1, -0.05) is 47.9 Å². The standard InChI is InChI=1S/C15H9ClFO/c1-2-10-18-14-9-4-3-6-11(14)12-7-5-8-13(17)15(12)16/h1,3-8H,10H2. The van der Waals surface area contributed by atoms with Gasteiger partial charge in [-0.2, -0.15) is 0 Å². The zero-order valence-corrected chi connectivity index (χ0v) is 10.2. The molecule has 2 rings (SSSR count). The highest BCUT2D eigenvalue weighted by Gasteiger charge is 2.12. The molecule has 18 heavy (non-hydrogen) atoms. The maximum absolute atomic E-state index is 13.4. The molecule has 0 aliphatic carbocycles. The zero-order valence-electron chi connectivity index (χ0n) is 9.41. The summed E-state index contributed by atoms with van der Waals surface area (Å²) in [5.74, 6) is 2.36. The number of para-hydroxylation sites is 1. The van der Waals surface area contributed by atoms with E-state index in [9.17, 15) is 4.39 Å². The lowest BCUT2D eigenvalue weighted by atomic mass is 10.0. The van der Waals surface area contributed by atoms with E-state index in [1.807, 2.05) is 0 Å². The van der Waals surface area contributed by atoms with Crippen LogP contribution in [0.25, 0.3) is 11.1 Å². The van der Waals surface area contributed by atoms with Gasteiger partial charge in [0.25, 0.3) is 0 Å². The van der Waals surface area contributed by atoms with Gasteiger partial charge >= 0.3 is 0 Å². The number of halogens is 2. The van der Waals surface area contributed by atoms with Crippen LogP contribution in [-0.4, -0.2) is 6.61 Å². The fourth-order valence-electron chi connectivity index (χ4n) is 1.58. The quantitative estimate of drug-likeness (QED) is 0.758. The van der Waals surface area contributed by atoms with E-state index in [4.69, 9.17) is 22.8 Å². The molecular formula is C15H9ClFO. The van der Waals surface area contributed by atoms with Crippen LogP contribution < -0.4 is 4.74 Å². The van der Waals surface area contributed by atoms with E-state index in [-0.39, 0.29) is 11.6 Å². The van der Waals surface area contributed by atoms with Gasteiger partial charge in [0.05, 0.1) is 5.02 Å². The van der Waals surface area contributed by atoms with Gasteiger partial charge in [0.1, 0.15) is 18.2 Å². The van der Waals surface area contributed by atoms with Crippen molar-refractivity contribution in [3.8, 4) is 29.2 Å². The molecule has 3 heteroatoms. The fourth-order valence-corrected chi connectivity index (χ4v) is 1.81. The number of ether oxygens (including phenoxy) is 1. The van der Waals surface area contributed by atoms with Crippen molar-refractivity contribution in [1.29, 1.82) is 0 Å². The van der Waals surface area contributed by atoms with Crippen LogP contribution in [0.1, 0.15) is 0 Å². The van der Waals surface area contributed by atoms with Gasteiger partial charge in [-0.05, 0) is 6.07 Å². The summed E-state index contributed by atoms with van der Waals surface area (Å²) in [6.07, 6.45) is 5.14. The first-order chi connectivity index (χ1) is 8.74. The van der Waals surface area contributed by atoms with Gasteiger partial charge in [0.15, 0.2) is 0 Å². The Morgan fingerprint density at radius 3 is 2.83 bits per heavy atom. The normalized spacial score (nSPS) is 9.83. The second-order valence-electron chi connectivity index (χ2n) is 3.51. The maximum Gasteiger partial charge on any atom is 0.148 e. The van der Waals surface area contributed by atoms with Crippen LogP contribution >= 0.6 is 11.6 Å². The van der Waals surface area contributed by atoms with Crippen molar-refractivity contribution in [1.82, 2.24) is 0 Å². The monoisotopic (exact) mass is 259 g/mol. The van der Waals surface area contributed by atoms with Gasteiger partial charge in [0.2, 0.25) is 0 Å².